The molecule has 1 aromatic rings. The van der Waals surface area contributed by atoms with Crippen LogP contribution in [-0.2, 0) is 0 Å². The van der Waals surface area contributed by atoms with E-state index in [1.54, 1.807) is 19.1 Å². The lowest BCUT2D eigenvalue weighted by atomic mass is 10.3. The third kappa shape index (κ3) is 2.56. The van der Waals surface area contributed by atoms with Crippen LogP contribution in [0.1, 0.15) is 17.9 Å². The molecule has 0 aromatic carbocycles. The zero-order valence-electron chi connectivity index (χ0n) is 7.66. The molecule has 0 atom stereocenters. The molecule has 0 fully saturated rings. The number of allylic oxidation sites excluding steroid dienone is 1. The molecule has 0 bridgehead atoms. The zero-order chi connectivity index (χ0) is 10.6. The van der Waals surface area contributed by atoms with E-state index in [1.165, 1.54) is 0 Å². The number of imidazole rings is 1. The molecular formula is C8H10ClN3O2. The summed E-state index contributed by atoms with van der Waals surface area (Å²) in [6.07, 6.45) is 4.03. The van der Waals surface area contributed by atoms with Crippen LogP contribution in [0, 0.1) is 17.0 Å². The minimum absolute atomic E-state index is 0.0756. The van der Waals surface area contributed by atoms with Crippen LogP contribution in [0.3, 0.4) is 0 Å². The topological polar surface area (TPSA) is 71.8 Å². The van der Waals surface area contributed by atoms with Crippen LogP contribution in [0.15, 0.2) is 6.08 Å². The van der Waals surface area contributed by atoms with E-state index in [-0.39, 0.29) is 5.82 Å². The molecule has 0 saturated heterocycles. The van der Waals surface area contributed by atoms with E-state index in [1.807, 2.05) is 0 Å². The number of nitro groups is 1. The summed E-state index contributed by atoms with van der Waals surface area (Å²) in [6, 6.07) is 0. The predicted octanol–water partition coefficient (Wildman–Crippen LogP) is 2.27. The highest BCUT2D eigenvalue weighted by Gasteiger charge is 2.14. The smallest absolute Gasteiger partial charge is 0.348 e. The van der Waals surface area contributed by atoms with Gasteiger partial charge in [-0.2, -0.15) is 0 Å². The maximum absolute atomic E-state index is 10.5. The normalized spacial score (nSPS) is 11.0. The Hall–Kier alpha value is -1.36. The van der Waals surface area contributed by atoms with Crippen LogP contribution in [0.25, 0.3) is 6.08 Å². The Morgan fingerprint density at radius 3 is 3.00 bits per heavy atom. The standard InChI is InChI=1S/C8H10ClN3O2/c1-6-10-7(4-2-3-5-9)8(11-6)12(13)14/h2,4H,3,5H2,1H3,(H,10,11). The summed E-state index contributed by atoms with van der Waals surface area (Å²) in [7, 11) is 0. The van der Waals surface area contributed by atoms with Crippen molar-refractivity contribution in [2.45, 2.75) is 13.3 Å². The van der Waals surface area contributed by atoms with E-state index in [0.29, 0.717) is 23.8 Å². The SMILES string of the molecule is Cc1nc(C=CCCCl)c([N+](=O)[O-])[nH]1. The van der Waals surface area contributed by atoms with Crippen molar-refractivity contribution in [3.8, 4) is 0 Å². The molecule has 76 valence electrons. The second-order valence-corrected chi connectivity index (χ2v) is 3.07. The lowest BCUT2D eigenvalue weighted by molar-refractivity contribution is -0.389. The highest BCUT2D eigenvalue weighted by Crippen LogP contribution is 2.16. The summed E-state index contributed by atoms with van der Waals surface area (Å²) in [5, 5.41) is 10.5. The van der Waals surface area contributed by atoms with Gasteiger partial charge in [-0.25, -0.2) is 9.97 Å². The highest BCUT2D eigenvalue weighted by atomic mass is 35.5. The second-order valence-electron chi connectivity index (χ2n) is 2.69. The number of nitrogens with one attached hydrogen (secondary N) is 1. The number of aromatic amines is 1. The maximum atomic E-state index is 10.5. The molecule has 1 N–H and O–H groups in total. The summed E-state index contributed by atoms with van der Waals surface area (Å²) in [4.78, 5) is 16.6. The van der Waals surface area contributed by atoms with Gasteiger partial charge in [0.05, 0.1) is 0 Å². The Bertz CT molecular complexity index is 359. The Morgan fingerprint density at radius 2 is 2.43 bits per heavy atom. The number of aryl methyl sites for hydroxylation is 1. The third-order valence-corrected chi connectivity index (χ3v) is 1.78. The first-order valence-corrected chi connectivity index (χ1v) is 4.62. The van der Waals surface area contributed by atoms with Gasteiger partial charge >= 0.3 is 5.82 Å². The summed E-state index contributed by atoms with van der Waals surface area (Å²) in [5.41, 5.74) is 0.345. The van der Waals surface area contributed by atoms with Gasteiger partial charge in [-0.05, 0) is 17.4 Å². The summed E-state index contributed by atoms with van der Waals surface area (Å²) in [6.45, 7) is 1.67. The lowest BCUT2D eigenvalue weighted by Crippen LogP contribution is -1.90. The molecule has 6 heteroatoms. The Labute approximate surface area is 86.0 Å². The number of hydrogen-bond donors (Lipinski definition) is 1. The monoisotopic (exact) mass is 215 g/mol. The van der Waals surface area contributed by atoms with E-state index in [9.17, 15) is 10.1 Å². The van der Waals surface area contributed by atoms with Crippen LogP contribution in [0.2, 0.25) is 0 Å². The van der Waals surface area contributed by atoms with E-state index < -0.39 is 4.92 Å². The molecule has 0 amide bonds. The van der Waals surface area contributed by atoms with E-state index in [0.717, 1.165) is 0 Å². The quantitative estimate of drug-likeness (QED) is 0.476. The maximum Gasteiger partial charge on any atom is 0.348 e. The number of H-pyrrole nitrogens is 1. The van der Waals surface area contributed by atoms with Gasteiger partial charge < -0.3 is 10.1 Å². The van der Waals surface area contributed by atoms with Crippen LogP contribution in [0.5, 0.6) is 0 Å². The lowest BCUT2D eigenvalue weighted by Gasteiger charge is -1.90. The van der Waals surface area contributed by atoms with Crippen molar-refractivity contribution in [2.24, 2.45) is 0 Å². The third-order valence-electron chi connectivity index (χ3n) is 1.56. The largest absolute Gasteiger partial charge is 0.358 e. The fourth-order valence-corrected chi connectivity index (χ4v) is 1.14. The molecular weight excluding hydrogens is 206 g/mol. The molecule has 0 saturated carbocycles. The molecule has 1 heterocycles. The van der Waals surface area contributed by atoms with Gasteiger partial charge in [0, 0.05) is 12.8 Å². The first kappa shape index (κ1) is 10.7. The van der Waals surface area contributed by atoms with Crippen molar-refractivity contribution >= 4 is 23.5 Å². The molecule has 0 aliphatic heterocycles. The fourth-order valence-electron chi connectivity index (χ4n) is 1.01. The number of rotatable bonds is 4. The number of aromatic nitrogens is 2. The molecule has 14 heavy (non-hydrogen) atoms. The van der Waals surface area contributed by atoms with Crippen molar-refractivity contribution in [2.75, 3.05) is 5.88 Å². The van der Waals surface area contributed by atoms with Gasteiger partial charge in [0.15, 0.2) is 11.5 Å². The summed E-state index contributed by atoms with van der Waals surface area (Å²) >= 11 is 5.46. The molecule has 5 nitrogen and oxygen atoms in total. The number of halogens is 1. The van der Waals surface area contributed by atoms with Gasteiger partial charge in [0.2, 0.25) is 0 Å². The summed E-state index contributed by atoms with van der Waals surface area (Å²) in [5.74, 6) is 0.948. The molecule has 1 rings (SSSR count). The van der Waals surface area contributed by atoms with Crippen molar-refractivity contribution in [3.63, 3.8) is 0 Å². The van der Waals surface area contributed by atoms with Gasteiger partial charge in [0.1, 0.15) is 0 Å². The predicted molar refractivity (Wildman–Crippen MR) is 54.4 cm³/mol. The number of hydrogen-bond acceptors (Lipinski definition) is 3. The van der Waals surface area contributed by atoms with Gasteiger partial charge in [0.25, 0.3) is 0 Å². The first-order chi connectivity index (χ1) is 6.65. The van der Waals surface area contributed by atoms with Gasteiger partial charge in [-0.3, -0.25) is 0 Å². The van der Waals surface area contributed by atoms with E-state index in [4.69, 9.17) is 11.6 Å². The average Bonchev–Trinajstić information content (AvgIpc) is 2.47. The minimum atomic E-state index is -0.486. The molecule has 0 spiro atoms. The first-order valence-electron chi connectivity index (χ1n) is 4.08. The molecule has 0 unspecified atom stereocenters. The molecule has 0 aliphatic carbocycles. The van der Waals surface area contributed by atoms with Crippen LogP contribution in [0.4, 0.5) is 5.82 Å². The average molecular weight is 216 g/mol. The molecule has 0 aliphatic rings. The van der Waals surface area contributed by atoms with Crippen molar-refractivity contribution in [1.82, 2.24) is 9.97 Å². The highest BCUT2D eigenvalue weighted by molar-refractivity contribution is 6.17. The van der Waals surface area contributed by atoms with Crippen LogP contribution in [-0.4, -0.2) is 20.8 Å². The Balaban J connectivity index is 2.89. The zero-order valence-corrected chi connectivity index (χ0v) is 8.41. The molecule has 1 aromatic heterocycles. The number of nitrogens with zero attached hydrogens (tertiary/aromatic N) is 2. The Morgan fingerprint density at radius 1 is 1.71 bits per heavy atom. The Kier molecular flexibility index (Phi) is 3.64. The number of alkyl halides is 1. The summed E-state index contributed by atoms with van der Waals surface area (Å²) < 4.78 is 0. The fraction of sp³-hybridized carbons (Fsp3) is 0.375. The van der Waals surface area contributed by atoms with E-state index in [2.05, 4.69) is 9.97 Å². The van der Waals surface area contributed by atoms with E-state index >= 15 is 0 Å². The second kappa shape index (κ2) is 4.76. The molecule has 0 radical (unpaired) electrons. The van der Waals surface area contributed by atoms with Crippen molar-refractivity contribution in [3.05, 3.63) is 27.7 Å². The minimum Gasteiger partial charge on any atom is -0.358 e. The van der Waals surface area contributed by atoms with Gasteiger partial charge in [-0.1, -0.05) is 6.08 Å². The van der Waals surface area contributed by atoms with Crippen LogP contribution >= 0.6 is 11.6 Å². The van der Waals surface area contributed by atoms with Crippen molar-refractivity contribution in [1.29, 1.82) is 0 Å². The van der Waals surface area contributed by atoms with Gasteiger partial charge in [-0.15, -0.1) is 11.6 Å². The van der Waals surface area contributed by atoms with Crippen LogP contribution < -0.4 is 0 Å². The van der Waals surface area contributed by atoms with Crippen molar-refractivity contribution < 1.29 is 4.92 Å².